The Balaban J connectivity index is 0.000000980. The number of aromatic nitrogens is 1. The van der Waals surface area contributed by atoms with Crippen LogP contribution in [0.3, 0.4) is 0 Å². The second kappa shape index (κ2) is 4.46. The van der Waals surface area contributed by atoms with Crippen LogP contribution in [0, 0.1) is 0 Å². The Hall–Kier alpha value is -1.03. The van der Waals surface area contributed by atoms with Crippen molar-refractivity contribution in [1.29, 1.82) is 0 Å². The van der Waals surface area contributed by atoms with Gasteiger partial charge in [-0.05, 0) is 18.2 Å². The highest BCUT2D eigenvalue weighted by Crippen LogP contribution is 2.25. The van der Waals surface area contributed by atoms with Crippen LogP contribution in [-0.2, 0) is 0 Å². The van der Waals surface area contributed by atoms with E-state index in [0.29, 0.717) is 5.02 Å². The van der Waals surface area contributed by atoms with Gasteiger partial charge in [0, 0.05) is 16.6 Å². The Morgan fingerprint density at radius 1 is 1.36 bits per heavy atom. The normalized spacial score (nSPS) is 9.57. The summed E-state index contributed by atoms with van der Waals surface area (Å²) in [5, 5.41) is 1.62. The van der Waals surface area contributed by atoms with E-state index in [1.807, 2.05) is 18.2 Å². The van der Waals surface area contributed by atoms with Gasteiger partial charge in [0.25, 0.3) is 0 Å². The summed E-state index contributed by atoms with van der Waals surface area (Å²) in [6.07, 6.45) is 1.72. The van der Waals surface area contributed by atoms with Gasteiger partial charge in [0.2, 0.25) is 0 Å². The molecule has 0 amide bonds. The molecule has 2 rings (SSSR count). The number of nitrogen functional groups attached to an aromatic ring is 1. The Morgan fingerprint density at radius 2 is 2.14 bits per heavy atom. The molecule has 74 valence electrons. The topological polar surface area (TPSA) is 50.9 Å². The van der Waals surface area contributed by atoms with Gasteiger partial charge in [-0.15, -0.1) is 12.4 Å². The number of anilines is 1. The van der Waals surface area contributed by atoms with Crippen LogP contribution >= 0.6 is 24.0 Å². The number of rotatable bonds is 1. The largest absolute Gasteiger partial charge is 0.322 e. The minimum Gasteiger partial charge on any atom is -0.322 e. The molecule has 0 fully saturated rings. The van der Waals surface area contributed by atoms with E-state index in [-0.39, 0.29) is 12.4 Å². The second-order valence-corrected chi connectivity index (χ2v) is 3.11. The van der Waals surface area contributed by atoms with Crippen molar-refractivity contribution in [3.63, 3.8) is 0 Å². The van der Waals surface area contributed by atoms with E-state index < -0.39 is 0 Å². The van der Waals surface area contributed by atoms with Gasteiger partial charge >= 0.3 is 0 Å². The van der Waals surface area contributed by atoms with Crippen molar-refractivity contribution >= 4 is 40.6 Å². The van der Waals surface area contributed by atoms with Crippen molar-refractivity contribution in [3.05, 3.63) is 35.5 Å². The van der Waals surface area contributed by atoms with E-state index >= 15 is 0 Å². The average Bonchev–Trinajstić information content (AvgIpc) is 2.16. The van der Waals surface area contributed by atoms with Crippen LogP contribution in [-0.4, -0.2) is 4.98 Å². The lowest BCUT2D eigenvalue weighted by Crippen LogP contribution is -2.07. The van der Waals surface area contributed by atoms with Crippen molar-refractivity contribution in [3.8, 4) is 0 Å². The van der Waals surface area contributed by atoms with Crippen LogP contribution < -0.4 is 11.3 Å². The standard InChI is InChI=1S/C9H8ClN3.ClH/c10-7-4-6-2-1-3-12-9(6)8(5-7)13-11;/h1-5,13H,11H2;1H. The van der Waals surface area contributed by atoms with Gasteiger partial charge in [-0.1, -0.05) is 17.7 Å². The fourth-order valence-corrected chi connectivity index (χ4v) is 1.49. The number of benzene rings is 1. The predicted molar refractivity (Wildman–Crippen MR) is 61.8 cm³/mol. The zero-order valence-electron chi connectivity index (χ0n) is 7.20. The van der Waals surface area contributed by atoms with Gasteiger partial charge in [-0.25, -0.2) is 0 Å². The summed E-state index contributed by atoms with van der Waals surface area (Å²) in [5.74, 6) is 5.34. The molecule has 0 aliphatic heterocycles. The van der Waals surface area contributed by atoms with E-state index in [1.54, 1.807) is 12.3 Å². The summed E-state index contributed by atoms with van der Waals surface area (Å²) >= 11 is 5.88. The van der Waals surface area contributed by atoms with E-state index in [2.05, 4.69) is 10.4 Å². The third-order valence-corrected chi connectivity index (χ3v) is 2.04. The van der Waals surface area contributed by atoms with Gasteiger partial charge in [0.05, 0.1) is 11.2 Å². The van der Waals surface area contributed by atoms with Crippen LogP contribution in [0.4, 0.5) is 5.69 Å². The third-order valence-electron chi connectivity index (χ3n) is 1.83. The first-order chi connectivity index (χ1) is 6.31. The SMILES string of the molecule is Cl.NNc1cc(Cl)cc2cccnc12. The zero-order chi connectivity index (χ0) is 9.26. The predicted octanol–water partition coefficient (Wildman–Crippen LogP) is 2.60. The van der Waals surface area contributed by atoms with Gasteiger partial charge < -0.3 is 5.43 Å². The van der Waals surface area contributed by atoms with Crippen molar-refractivity contribution in [2.75, 3.05) is 5.43 Å². The summed E-state index contributed by atoms with van der Waals surface area (Å²) in [6.45, 7) is 0. The molecule has 0 bridgehead atoms. The van der Waals surface area contributed by atoms with Gasteiger partial charge in [-0.2, -0.15) is 0 Å². The van der Waals surface area contributed by atoms with Crippen LogP contribution in [0.2, 0.25) is 5.02 Å². The quantitative estimate of drug-likeness (QED) is 0.584. The van der Waals surface area contributed by atoms with Crippen molar-refractivity contribution < 1.29 is 0 Å². The minimum absolute atomic E-state index is 0. The van der Waals surface area contributed by atoms with E-state index in [4.69, 9.17) is 17.4 Å². The van der Waals surface area contributed by atoms with Crippen molar-refractivity contribution in [2.24, 2.45) is 5.84 Å². The fraction of sp³-hybridized carbons (Fsp3) is 0. The molecule has 0 unspecified atom stereocenters. The maximum Gasteiger partial charge on any atom is 0.0947 e. The molecule has 0 aliphatic carbocycles. The number of nitrogens with zero attached hydrogens (tertiary/aromatic N) is 1. The molecule has 2 aromatic rings. The highest BCUT2D eigenvalue weighted by molar-refractivity contribution is 6.31. The highest BCUT2D eigenvalue weighted by Gasteiger charge is 2.01. The zero-order valence-corrected chi connectivity index (χ0v) is 8.77. The number of hydrogen-bond donors (Lipinski definition) is 2. The average molecular weight is 230 g/mol. The molecule has 1 aromatic heterocycles. The molecule has 3 nitrogen and oxygen atoms in total. The molecule has 0 saturated heterocycles. The molecule has 0 saturated carbocycles. The molecular formula is C9H9Cl2N3. The maximum atomic E-state index is 5.88. The number of fused-ring (bicyclic) bond motifs is 1. The molecule has 0 spiro atoms. The molecule has 1 aromatic carbocycles. The third kappa shape index (κ3) is 1.90. The van der Waals surface area contributed by atoms with E-state index in [9.17, 15) is 0 Å². The molecule has 14 heavy (non-hydrogen) atoms. The maximum absolute atomic E-state index is 5.88. The summed E-state index contributed by atoms with van der Waals surface area (Å²) < 4.78 is 0. The number of nitrogens with two attached hydrogens (primary N) is 1. The highest BCUT2D eigenvalue weighted by atomic mass is 35.5. The number of pyridine rings is 1. The fourth-order valence-electron chi connectivity index (χ4n) is 1.27. The van der Waals surface area contributed by atoms with Crippen LogP contribution in [0.15, 0.2) is 30.5 Å². The molecule has 3 N–H and O–H groups in total. The summed E-state index contributed by atoms with van der Waals surface area (Å²) in [7, 11) is 0. The summed E-state index contributed by atoms with van der Waals surface area (Å²) in [6, 6.07) is 7.40. The monoisotopic (exact) mass is 229 g/mol. The Bertz CT molecular complexity index is 445. The number of hydrogen-bond acceptors (Lipinski definition) is 3. The molecule has 1 heterocycles. The lowest BCUT2D eigenvalue weighted by Gasteiger charge is -2.04. The molecule has 0 radical (unpaired) electrons. The van der Waals surface area contributed by atoms with Crippen molar-refractivity contribution in [2.45, 2.75) is 0 Å². The smallest absolute Gasteiger partial charge is 0.0947 e. The minimum atomic E-state index is 0. The number of halogens is 2. The number of nitrogens with one attached hydrogen (secondary N) is 1. The van der Waals surface area contributed by atoms with Crippen LogP contribution in [0.25, 0.3) is 10.9 Å². The first-order valence-electron chi connectivity index (χ1n) is 3.82. The van der Waals surface area contributed by atoms with Gasteiger partial charge in [0.1, 0.15) is 0 Å². The van der Waals surface area contributed by atoms with Gasteiger partial charge in [-0.3, -0.25) is 10.8 Å². The Morgan fingerprint density at radius 3 is 2.86 bits per heavy atom. The number of hydrazine groups is 1. The van der Waals surface area contributed by atoms with Crippen molar-refractivity contribution in [1.82, 2.24) is 4.98 Å². The summed E-state index contributed by atoms with van der Waals surface area (Å²) in [4.78, 5) is 4.19. The molecule has 5 heteroatoms. The first-order valence-corrected chi connectivity index (χ1v) is 4.20. The molecule has 0 atom stereocenters. The van der Waals surface area contributed by atoms with Crippen LogP contribution in [0.1, 0.15) is 0 Å². The first kappa shape index (κ1) is 11.0. The van der Waals surface area contributed by atoms with E-state index in [1.165, 1.54) is 0 Å². The summed E-state index contributed by atoms with van der Waals surface area (Å²) in [5.41, 5.74) is 4.13. The lowest BCUT2D eigenvalue weighted by atomic mass is 10.2. The van der Waals surface area contributed by atoms with E-state index in [0.717, 1.165) is 16.6 Å². The molecular weight excluding hydrogens is 221 g/mol. The van der Waals surface area contributed by atoms with Gasteiger partial charge in [0.15, 0.2) is 0 Å². The second-order valence-electron chi connectivity index (χ2n) is 2.67. The lowest BCUT2D eigenvalue weighted by molar-refractivity contribution is 1.33. The Labute approximate surface area is 92.6 Å². The van der Waals surface area contributed by atoms with Crippen LogP contribution in [0.5, 0.6) is 0 Å². The Kier molecular flexibility index (Phi) is 3.52. The molecule has 0 aliphatic rings.